The topological polar surface area (TPSA) is 106 Å². The zero-order chi connectivity index (χ0) is 28.9. The van der Waals surface area contributed by atoms with Crippen LogP contribution in [0.4, 0.5) is 5.13 Å². The molecule has 1 aliphatic rings. The summed E-state index contributed by atoms with van der Waals surface area (Å²) in [5.74, 6) is -0.733. The second-order valence-electron chi connectivity index (χ2n) is 9.05. The lowest BCUT2D eigenvalue weighted by atomic mass is 9.95. The van der Waals surface area contributed by atoms with Crippen LogP contribution in [-0.4, -0.2) is 38.6 Å². The number of carbonyl (C=O) groups is 2. The Kier molecular flexibility index (Phi) is 9.24. The summed E-state index contributed by atoms with van der Waals surface area (Å²) in [6.07, 6.45) is 4.94. The van der Waals surface area contributed by atoms with Crippen LogP contribution in [0.15, 0.2) is 76.9 Å². The van der Waals surface area contributed by atoms with Crippen LogP contribution in [0.2, 0.25) is 10.0 Å². The third-order valence-electron chi connectivity index (χ3n) is 6.33. The van der Waals surface area contributed by atoms with E-state index in [1.165, 1.54) is 40.4 Å². The molecule has 1 aliphatic heterocycles. The van der Waals surface area contributed by atoms with Crippen LogP contribution in [0.25, 0.3) is 5.76 Å². The summed E-state index contributed by atoms with van der Waals surface area (Å²) in [6.45, 7) is 2.67. The highest BCUT2D eigenvalue weighted by Crippen LogP contribution is 2.44. The average molecular weight is 628 g/mol. The van der Waals surface area contributed by atoms with Gasteiger partial charge in [-0.1, -0.05) is 77.8 Å². The van der Waals surface area contributed by atoms with Crippen LogP contribution in [0.5, 0.6) is 5.75 Å². The van der Waals surface area contributed by atoms with Crippen LogP contribution < -0.4 is 9.64 Å². The number of Topliss-reactive ketones (excluding diaryl/α,β-unsaturated/α-hetero) is 1. The molecule has 210 valence electrons. The summed E-state index contributed by atoms with van der Waals surface area (Å²) < 4.78 is 6.37. The van der Waals surface area contributed by atoms with Crippen molar-refractivity contribution in [2.24, 2.45) is 0 Å². The molecule has 5 rings (SSSR count). The largest absolute Gasteiger partial charge is 0.507 e. The molecular weight excluding hydrogens is 603 g/mol. The van der Waals surface area contributed by atoms with Crippen molar-refractivity contribution in [1.29, 1.82) is 0 Å². The van der Waals surface area contributed by atoms with Gasteiger partial charge >= 0.3 is 5.91 Å². The minimum atomic E-state index is -0.927. The Hall–Kier alpha value is -3.44. The monoisotopic (exact) mass is 626 g/mol. The molecule has 1 unspecified atom stereocenters. The molecule has 0 saturated carbocycles. The number of rotatable bonds is 10. The molecule has 0 bridgehead atoms. The fraction of sp³-hybridized carbons (Fsp3) is 0.207. The van der Waals surface area contributed by atoms with Gasteiger partial charge in [0.2, 0.25) is 5.13 Å². The quantitative estimate of drug-likeness (QED) is 0.0487. The lowest BCUT2D eigenvalue weighted by molar-refractivity contribution is -0.132. The van der Waals surface area contributed by atoms with E-state index in [2.05, 4.69) is 22.1 Å². The highest BCUT2D eigenvalue weighted by Gasteiger charge is 2.48. The Morgan fingerprint density at radius 1 is 1.07 bits per heavy atom. The van der Waals surface area contributed by atoms with E-state index in [0.717, 1.165) is 18.4 Å². The van der Waals surface area contributed by atoms with Crippen LogP contribution in [0, 0.1) is 0 Å². The molecule has 1 saturated heterocycles. The molecule has 2 aromatic heterocycles. The lowest BCUT2D eigenvalue weighted by Gasteiger charge is -2.22. The Bertz CT molecular complexity index is 1600. The number of nitrogens with zero attached hydrogens (tertiary/aromatic N) is 4. The number of pyridine rings is 1. The van der Waals surface area contributed by atoms with Gasteiger partial charge in [-0.3, -0.25) is 19.5 Å². The highest BCUT2D eigenvalue weighted by atomic mass is 35.5. The van der Waals surface area contributed by atoms with E-state index in [4.69, 9.17) is 27.9 Å². The third kappa shape index (κ3) is 6.41. The molecule has 1 atom stereocenters. The first-order chi connectivity index (χ1) is 19.9. The predicted octanol–water partition coefficient (Wildman–Crippen LogP) is 7.34. The van der Waals surface area contributed by atoms with Crippen molar-refractivity contribution in [2.75, 3.05) is 11.5 Å². The zero-order valence-corrected chi connectivity index (χ0v) is 24.9. The number of aliphatic hydroxyl groups excluding tert-OH is 1. The van der Waals surface area contributed by atoms with E-state index in [1.807, 2.05) is 6.07 Å². The van der Waals surface area contributed by atoms with E-state index in [-0.39, 0.29) is 16.5 Å². The number of unbranched alkanes of at least 4 members (excludes halogenated alkanes) is 1. The fourth-order valence-corrected chi connectivity index (χ4v) is 6.65. The van der Waals surface area contributed by atoms with Crippen molar-refractivity contribution in [3.8, 4) is 5.75 Å². The Morgan fingerprint density at radius 2 is 1.83 bits per heavy atom. The first kappa shape index (κ1) is 29.1. The molecule has 3 heterocycles. The van der Waals surface area contributed by atoms with Gasteiger partial charge in [0, 0.05) is 33.8 Å². The van der Waals surface area contributed by atoms with Crippen LogP contribution in [0.3, 0.4) is 0 Å². The maximum Gasteiger partial charge on any atom is 0.301 e. The van der Waals surface area contributed by atoms with Gasteiger partial charge in [0.05, 0.1) is 18.2 Å². The summed E-state index contributed by atoms with van der Waals surface area (Å²) in [4.78, 5) is 32.1. The van der Waals surface area contributed by atoms with Crippen molar-refractivity contribution in [1.82, 2.24) is 15.2 Å². The fourth-order valence-electron chi connectivity index (χ4n) is 4.23. The van der Waals surface area contributed by atoms with E-state index in [0.29, 0.717) is 43.6 Å². The zero-order valence-electron chi connectivity index (χ0n) is 21.8. The molecule has 0 radical (unpaired) electrons. The number of aromatic nitrogens is 3. The molecule has 1 fully saturated rings. The molecule has 41 heavy (non-hydrogen) atoms. The molecule has 0 spiro atoms. The van der Waals surface area contributed by atoms with Gasteiger partial charge < -0.3 is 9.84 Å². The maximum absolute atomic E-state index is 13.4. The van der Waals surface area contributed by atoms with E-state index < -0.39 is 17.7 Å². The number of hydrogen-bond acceptors (Lipinski definition) is 9. The number of amides is 1. The summed E-state index contributed by atoms with van der Waals surface area (Å²) in [5, 5.41) is 21.0. The first-order valence-corrected chi connectivity index (χ1v) is 15.3. The van der Waals surface area contributed by atoms with E-state index in [1.54, 1.807) is 48.5 Å². The number of ether oxygens (including phenoxy) is 1. The number of benzene rings is 2. The number of halogens is 2. The number of hydrogen-bond donors (Lipinski definition) is 1. The van der Waals surface area contributed by atoms with Crippen molar-refractivity contribution >= 4 is 68.9 Å². The van der Waals surface area contributed by atoms with Gasteiger partial charge in [0.15, 0.2) is 4.34 Å². The molecular formula is C29H24Cl2N4O4S2. The standard InChI is InChI=1S/C29H24Cl2N4O4S2/c1-2-3-14-39-21-8-5-17(6-9-21)24-23(25(36)18-10-12-32-13-11-18)26(37)27(38)35(24)28-33-34-29(41-28)40-16-19-4-7-20(30)15-22(19)31/h4-13,15,24,36H,2-3,14,16H2,1H3/b25-23+. The molecule has 8 nitrogen and oxygen atoms in total. The van der Waals surface area contributed by atoms with E-state index in [9.17, 15) is 14.7 Å². The van der Waals surface area contributed by atoms with Gasteiger partial charge in [0.1, 0.15) is 11.5 Å². The number of anilines is 1. The number of thioether (sulfide) groups is 1. The van der Waals surface area contributed by atoms with Crippen molar-refractivity contribution < 1.29 is 19.4 Å². The third-order valence-corrected chi connectivity index (χ3v) is 9.02. The Morgan fingerprint density at radius 3 is 2.54 bits per heavy atom. The normalized spacial score (nSPS) is 16.4. The van der Waals surface area contributed by atoms with Crippen LogP contribution in [0.1, 0.15) is 42.5 Å². The highest BCUT2D eigenvalue weighted by molar-refractivity contribution is 8.00. The Labute approximate surface area is 255 Å². The summed E-state index contributed by atoms with van der Waals surface area (Å²) >= 11 is 14.9. The molecule has 12 heteroatoms. The van der Waals surface area contributed by atoms with Crippen molar-refractivity contribution in [3.63, 3.8) is 0 Å². The molecule has 4 aromatic rings. The lowest BCUT2D eigenvalue weighted by Crippen LogP contribution is -2.29. The van der Waals surface area contributed by atoms with Crippen molar-refractivity contribution in [2.45, 2.75) is 35.9 Å². The van der Waals surface area contributed by atoms with Crippen molar-refractivity contribution in [3.05, 3.63) is 99.3 Å². The minimum absolute atomic E-state index is 0.0433. The van der Waals surface area contributed by atoms with E-state index >= 15 is 0 Å². The van der Waals surface area contributed by atoms with Gasteiger partial charge in [-0.05, 0) is 53.9 Å². The molecule has 2 aromatic carbocycles. The SMILES string of the molecule is CCCCOc1ccc(C2/C(=C(\O)c3ccncc3)C(=O)C(=O)N2c2nnc(SCc3ccc(Cl)cc3Cl)s2)cc1. The first-order valence-electron chi connectivity index (χ1n) is 12.7. The van der Waals surface area contributed by atoms with Crippen LogP contribution in [-0.2, 0) is 15.3 Å². The smallest absolute Gasteiger partial charge is 0.301 e. The Balaban J connectivity index is 1.49. The molecule has 1 N–H and O–H groups in total. The second-order valence-corrected chi connectivity index (χ2v) is 12.1. The summed E-state index contributed by atoms with van der Waals surface area (Å²) in [5.41, 5.74) is 1.81. The number of ketones is 1. The van der Waals surface area contributed by atoms with Gasteiger partial charge in [-0.15, -0.1) is 10.2 Å². The van der Waals surface area contributed by atoms with Crippen LogP contribution >= 0.6 is 46.3 Å². The predicted molar refractivity (Wildman–Crippen MR) is 162 cm³/mol. The number of aliphatic hydroxyl groups is 1. The minimum Gasteiger partial charge on any atom is -0.507 e. The average Bonchev–Trinajstić information content (AvgIpc) is 3.55. The second kappa shape index (κ2) is 13.0. The maximum atomic E-state index is 13.4. The molecule has 0 aliphatic carbocycles. The number of carbonyl (C=O) groups excluding carboxylic acids is 2. The molecule has 1 amide bonds. The summed E-state index contributed by atoms with van der Waals surface area (Å²) in [7, 11) is 0. The summed E-state index contributed by atoms with van der Waals surface area (Å²) in [6, 6.07) is 14.6. The van der Waals surface area contributed by atoms with Gasteiger partial charge in [-0.2, -0.15) is 0 Å². The van der Waals surface area contributed by atoms with Gasteiger partial charge in [0.25, 0.3) is 5.78 Å². The van der Waals surface area contributed by atoms with Gasteiger partial charge in [-0.25, -0.2) is 0 Å².